The molecule has 11 heteroatoms. The molecule has 11 nitrogen and oxygen atoms in total. The van der Waals surface area contributed by atoms with E-state index < -0.39 is 17.1 Å². The monoisotopic (exact) mass is 491 g/mol. The number of nitro groups is 1. The van der Waals surface area contributed by atoms with Gasteiger partial charge < -0.3 is 20.8 Å². The van der Waals surface area contributed by atoms with Gasteiger partial charge in [-0.3, -0.25) is 14.9 Å². The third kappa shape index (κ3) is 9.61. The Morgan fingerprint density at radius 2 is 1.89 bits per heavy atom. The summed E-state index contributed by atoms with van der Waals surface area (Å²) in [5, 5.41) is 44.0. The van der Waals surface area contributed by atoms with E-state index >= 15 is 0 Å². The fraction of sp³-hybridized carbons (Fsp3) is 0.625. The van der Waals surface area contributed by atoms with E-state index in [0.29, 0.717) is 30.6 Å². The summed E-state index contributed by atoms with van der Waals surface area (Å²) >= 11 is 0. The molecule has 0 bridgehead atoms. The number of non-ortho nitro benzene ring substituents is 1. The van der Waals surface area contributed by atoms with Crippen molar-refractivity contribution in [2.75, 3.05) is 18.5 Å². The summed E-state index contributed by atoms with van der Waals surface area (Å²) in [5.41, 5.74) is 0.831. The van der Waals surface area contributed by atoms with Gasteiger partial charge in [-0.2, -0.15) is 0 Å². The molecule has 2 atom stereocenters. The van der Waals surface area contributed by atoms with Crippen LogP contribution in [-0.2, 0) is 4.79 Å². The summed E-state index contributed by atoms with van der Waals surface area (Å²) in [6, 6.07) is 2.20. The van der Waals surface area contributed by atoms with Crippen LogP contribution < -0.4 is 10.6 Å². The number of carbonyl (C=O) groups is 1. The molecule has 1 aromatic heterocycles. The normalized spacial score (nSPS) is 13.2. The van der Waals surface area contributed by atoms with Crippen LogP contribution in [-0.4, -0.2) is 56.7 Å². The van der Waals surface area contributed by atoms with Crippen molar-refractivity contribution in [3.05, 3.63) is 34.4 Å². The standard InChI is InChI=1S/C24H37N5O6/c1-2-3-4-5-6-7-9-12-21(31)19(17-30)26-22(32)13-10-8-11-16-25-18-14-15-20(29(33)34)24-23(18)27-35-28-24/h9,12,14-15,19,21,25,30-31H,2-8,10-11,13,16-17H2,1H3,(H,26,32)/b12-9+/t19-,21-/m0/s1. The fourth-order valence-electron chi connectivity index (χ4n) is 3.71. The highest BCUT2D eigenvalue weighted by Crippen LogP contribution is 2.28. The Balaban J connectivity index is 1.63. The number of anilines is 1. The summed E-state index contributed by atoms with van der Waals surface area (Å²) in [7, 11) is 0. The Kier molecular flexibility index (Phi) is 12.7. The molecule has 1 aromatic carbocycles. The minimum Gasteiger partial charge on any atom is -0.394 e. The van der Waals surface area contributed by atoms with Crippen LogP contribution in [0.4, 0.5) is 11.4 Å². The van der Waals surface area contributed by atoms with E-state index in [1.54, 1.807) is 12.1 Å². The minimum absolute atomic E-state index is 0.0964. The van der Waals surface area contributed by atoms with E-state index in [1.807, 2.05) is 6.08 Å². The molecule has 0 saturated carbocycles. The van der Waals surface area contributed by atoms with Crippen LogP contribution in [0.25, 0.3) is 11.0 Å². The zero-order valence-corrected chi connectivity index (χ0v) is 20.3. The van der Waals surface area contributed by atoms with Gasteiger partial charge in [0.15, 0.2) is 5.52 Å². The van der Waals surface area contributed by atoms with E-state index in [1.165, 1.54) is 31.7 Å². The van der Waals surface area contributed by atoms with E-state index in [4.69, 9.17) is 0 Å². The molecule has 1 heterocycles. The smallest absolute Gasteiger partial charge is 0.300 e. The highest BCUT2D eigenvalue weighted by atomic mass is 16.6. The maximum absolute atomic E-state index is 12.2. The van der Waals surface area contributed by atoms with Crippen LogP contribution >= 0.6 is 0 Å². The highest BCUT2D eigenvalue weighted by molar-refractivity contribution is 5.93. The Bertz CT molecular complexity index is 948. The number of carbonyl (C=O) groups excluding carboxylic acids is 1. The van der Waals surface area contributed by atoms with Crippen LogP contribution in [0.1, 0.15) is 71.1 Å². The lowest BCUT2D eigenvalue weighted by Gasteiger charge is -2.20. The predicted octanol–water partition coefficient (Wildman–Crippen LogP) is 3.86. The van der Waals surface area contributed by atoms with Gasteiger partial charge in [0.05, 0.1) is 29.4 Å². The number of hydrogen-bond acceptors (Lipinski definition) is 9. The van der Waals surface area contributed by atoms with E-state index in [-0.39, 0.29) is 23.7 Å². The third-order valence-corrected chi connectivity index (χ3v) is 5.75. The number of allylic oxidation sites excluding steroid dienone is 1. The molecule has 194 valence electrons. The van der Waals surface area contributed by atoms with Crippen molar-refractivity contribution in [2.45, 2.75) is 83.3 Å². The number of benzene rings is 1. The van der Waals surface area contributed by atoms with Crippen molar-refractivity contribution in [1.29, 1.82) is 0 Å². The average Bonchev–Trinajstić information content (AvgIpc) is 3.34. The number of unbranched alkanes of at least 4 members (excludes halogenated alkanes) is 7. The van der Waals surface area contributed by atoms with Gasteiger partial charge in [0.25, 0.3) is 0 Å². The molecule has 0 saturated heterocycles. The van der Waals surface area contributed by atoms with E-state index in [0.717, 1.165) is 25.7 Å². The van der Waals surface area contributed by atoms with Gasteiger partial charge in [-0.25, -0.2) is 4.63 Å². The second-order valence-electron chi connectivity index (χ2n) is 8.57. The van der Waals surface area contributed by atoms with Crippen molar-refractivity contribution in [2.24, 2.45) is 0 Å². The molecule has 0 radical (unpaired) electrons. The molecule has 2 aromatic rings. The second kappa shape index (κ2) is 15.8. The Morgan fingerprint density at radius 3 is 2.63 bits per heavy atom. The van der Waals surface area contributed by atoms with E-state index in [9.17, 15) is 25.1 Å². The number of aliphatic hydroxyl groups is 2. The molecular formula is C24H37N5O6. The van der Waals surface area contributed by atoms with Crippen LogP contribution in [0, 0.1) is 10.1 Å². The second-order valence-corrected chi connectivity index (χ2v) is 8.57. The first-order valence-corrected chi connectivity index (χ1v) is 12.4. The number of amides is 1. The quantitative estimate of drug-likeness (QED) is 0.105. The first-order valence-electron chi connectivity index (χ1n) is 12.4. The molecule has 0 spiro atoms. The SMILES string of the molecule is CCCCCCC/C=C/[C@H](O)[C@H](CO)NC(=O)CCCCCNc1ccc([N+](=O)[O-])c2nonc12. The lowest BCUT2D eigenvalue weighted by Crippen LogP contribution is -2.45. The van der Waals surface area contributed by atoms with Crippen LogP contribution in [0.3, 0.4) is 0 Å². The Labute approximate surface area is 205 Å². The molecule has 0 aliphatic carbocycles. The van der Waals surface area contributed by atoms with Gasteiger partial charge in [0.1, 0.15) is 0 Å². The number of aliphatic hydroxyl groups excluding tert-OH is 2. The predicted molar refractivity (Wildman–Crippen MR) is 133 cm³/mol. The van der Waals surface area contributed by atoms with E-state index in [2.05, 4.69) is 32.5 Å². The molecule has 4 N–H and O–H groups in total. The minimum atomic E-state index is -0.923. The number of nitrogens with zero attached hydrogens (tertiary/aromatic N) is 3. The molecular weight excluding hydrogens is 454 g/mol. The Hall–Kier alpha value is -3.05. The lowest BCUT2D eigenvalue weighted by atomic mass is 10.1. The summed E-state index contributed by atoms with van der Waals surface area (Å²) in [5.74, 6) is -0.213. The molecule has 0 fully saturated rings. The lowest BCUT2D eigenvalue weighted by molar-refractivity contribution is -0.383. The zero-order valence-electron chi connectivity index (χ0n) is 20.3. The number of nitro benzene ring substituents is 1. The Morgan fingerprint density at radius 1 is 1.14 bits per heavy atom. The molecule has 1 amide bonds. The summed E-state index contributed by atoms with van der Waals surface area (Å²) in [6.45, 7) is 2.43. The number of aromatic nitrogens is 2. The highest BCUT2D eigenvalue weighted by Gasteiger charge is 2.20. The molecule has 0 aliphatic rings. The third-order valence-electron chi connectivity index (χ3n) is 5.75. The molecule has 35 heavy (non-hydrogen) atoms. The fourth-order valence-corrected chi connectivity index (χ4v) is 3.71. The molecule has 2 rings (SSSR count). The largest absolute Gasteiger partial charge is 0.394 e. The van der Waals surface area contributed by atoms with Crippen molar-refractivity contribution in [3.63, 3.8) is 0 Å². The van der Waals surface area contributed by atoms with Crippen molar-refractivity contribution in [1.82, 2.24) is 15.6 Å². The first-order chi connectivity index (χ1) is 17.0. The zero-order chi connectivity index (χ0) is 25.5. The van der Waals surface area contributed by atoms with Crippen molar-refractivity contribution in [3.8, 4) is 0 Å². The van der Waals surface area contributed by atoms with Gasteiger partial charge in [-0.1, -0.05) is 51.2 Å². The maximum Gasteiger partial charge on any atom is 0.300 e. The van der Waals surface area contributed by atoms with Crippen LogP contribution in [0.15, 0.2) is 28.9 Å². The molecule has 0 aliphatic heterocycles. The summed E-state index contributed by atoms with van der Waals surface area (Å²) in [4.78, 5) is 22.7. The summed E-state index contributed by atoms with van der Waals surface area (Å²) in [6.07, 6.45) is 11.9. The average molecular weight is 492 g/mol. The van der Waals surface area contributed by atoms with Crippen LogP contribution in [0.5, 0.6) is 0 Å². The van der Waals surface area contributed by atoms with Crippen molar-refractivity contribution < 1.29 is 24.6 Å². The first kappa shape index (κ1) is 28.2. The van der Waals surface area contributed by atoms with Gasteiger partial charge in [-0.15, -0.1) is 0 Å². The number of rotatable bonds is 18. The summed E-state index contributed by atoms with van der Waals surface area (Å²) < 4.78 is 4.64. The van der Waals surface area contributed by atoms with Gasteiger partial charge in [-0.05, 0) is 42.1 Å². The number of nitrogens with one attached hydrogen (secondary N) is 2. The van der Waals surface area contributed by atoms with Gasteiger partial charge in [0, 0.05) is 19.0 Å². The number of fused-ring (bicyclic) bond motifs is 1. The van der Waals surface area contributed by atoms with Crippen LogP contribution in [0.2, 0.25) is 0 Å². The van der Waals surface area contributed by atoms with Gasteiger partial charge >= 0.3 is 5.69 Å². The van der Waals surface area contributed by atoms with Gasteiger partial charge in [0.2, 0.25) is 11.4 Å². The maximum atomic E-state index is 12.2. The van der Waals surface area contributed by atoms with Crippen molar-refractivity contribution >= 4 is 28.3 Å². The topological polar surface area (TPSA) is 164 Å². The number of hydrogen-bond donors (Lipinski definition) is 4. The molecule has 0 unspecified atom stereocenters.